The topological polar surface area (TPSA) is 38.0 Å². The Morgan fingerprint density at radius 3 is 2.00 bits per heavy atom. The average Bonchev–Trinajstić information content (AvgIpc) is 3.89. The Morgan fingerprint density at radius 2 is 1.25 bits per heavy atom. The molecule has 4 nitrogen and oxygen atoms in total. The van der Waals surface area contributed by atoms with E-state index in [4.69, 9.17) is 6.57 Å². The van der Waals surface area contributed by atoms with Gasteiger partial charge in [0.05, 0.1) is 40.3 Å². The van der Waals surface area contributed by atoms with Crippen LogP contribution < -0.4 is 10.4 Å². The monoisotopic (exact) mass is 696 g/mol. The van der Waals surface area contributed by atoms with E-state index in [0.717, 1.165) is 27.5 Å². The number of nitrogens with zero attached hydrogens (tertiary/aromatic N) is 4. The molecule has 52 heavy (non-hydrogen) atoms. The van der Waals surface area contributed by atoms with Gasteiger partial charge in [-0.2, -0.15) is 5.26 Å². The lowest BCUT2D eigenvalue weighted by Gasteiger charge is -2.19. The molecule has 0 N–H and O–H groups in total. The highest BCUT2D eigenvalue weighted by Gasteiger charge is 2.38. The second-order valence-electron chi connectivity index (χ2n) is 14.4. The summed E-state index contributed by atoms with van der Waals surface area (Å²) in [4.78, 5) is 3.71. The molecule has 10 aromatic rings. The minimum Gasteiger partial charge on any atom is -0.309 e. The minimum atomic E-state index is -1.99. The van der Waals surface area contributed by atoms with E-state index in [-0.39, 0.29) is 0 Å². The first-order valence-electron chi connectivity index (χ1n) is 17.4. The first-order valence-corrected chi connectivity index (χ1v) is 21.3. The Bertz CT molecular complexity index is 3240. The van der Waals surface area contributed by atoms with E-state index in [1.807, 2.05) is 47.7 Å². The standard InChI is InChI=1S/C46H28N4SSi/c1-48-28-13-18-40-35(23-28)34-22-27(26-47)12-17-39(34)49(40)29-14-20-43-36(24-29)37-25-30(15-21-44(37)52(43,2)3)50-38-10-6-4-8-31(38)32-16-19-42-45(46(32)50)33-9-5-7-11-41(33)51-42/h4-25H,2-3H3. The van der Waals surface area contributed by atoms with Crippen LogP contribution in [0.15, 0.2) is 133 Å². The third-order valence-corrected chi connectivity index (χ3v) is 16.0. The number of fused-ring (bicyclic) bond motifs is 13. The van der Waals surface area contributed by atoms with Crippen molar-refractivity contribution in [1.29, 1.82) is 5.26 Å². The number of hydrogen-bond acceptors (Lipinski definition) is 2. The van der Waals surface area contributed by atoms with Crippen LogP contribution in [-0.2, 0) is 0 Å². The van der Waals surface area contributed by atoms with Crippen molar-refractivity contribution in [2.45, 2.75) is 13.1 Å². The maximum Gasteiger partial charge on any atom is 0.188 e. The third kappa shape index (κ3) is 3.78. The molecule has 0 spiro atoms. The molecular formula is C46H28N4SSi. The van der Waals surface area contributed by atoms with Crippen LogP contribution in [-0.4, -0.2) is 17.2 Å². The van der Waals surface area contributed by atoms with Gasteiger partial charge in [-0.05, 0) is 99.7 Å². The van der Waals surface area contributed by atoms with Crippen molar-refractivity contribution in [2.75, 3.05) is 0 Å². The summed E-state index contributed by atoms with van der Waals surface area (Å²) in [7, 11) is -1.99. The molecule has 11 rings (SSSR count). The molecule has 0 saturated carbocycles. The molecule has 0 saturated heterocycles. The van der Waals surface area contributed by atoms with E-state index in [1.165, 1.54) is 69.2 Å². The number of rotatable bonds is 2. The molecule has 4 heterocycles. The van der Waals surface area contributed by atoms with E-state index < -0.39 is 8.07 Å². The second-order valence-corrected chi connectivity index (χ2v) is 19.8. The number of benzene rings is 7. The Hall–Kier alpha value is -6.44. The lowest BCUT2D eigenvalue weighted by atomic mass is 10.0. The SMILES string of the molecule is [C-]#[N+]c1ccc2c(c1)c1cc(C#N)ccc1n2-c1ccc2c(c1)-c1cc(-n3c4ccccc4c4ccc5sc6ccccc6c5c43)ccc1[Si]2(C)C. The van der Waals surface area contributed by atoms with Gasteiger partial charge in [0.1, 0.15) is 8.07 Å². The van der Waals surface area contributed by atoms with Gasteiger partial charge >= 0.3 is 0 Å². The average molecular weight is 697 g/mol. The summed E-state index contributed by atoms with van der Waals surface area (Å²) < 4.78 is 7.40. The van der Waals surface area contributed by atoms with Crippen molar-refractivity contribution in [3.05, 3.63) is 150 Å². The van der Waals surface area contributed by atoms with Gasteiger partial charge in [-0.1, -0.05) is 73.8 Å². The molecule has 0 radical (unpaired) electrons. The number of para-hydroxylation sites is 1. The summed E-state index contributed by atoms with van der Waals surface area (Å²) >= 11 is 1.87. The summed E-state index contributed by atoms with van der Waals surface area (Å²) in [5.41, 5.74) is 10.6. The number of hydrogen-bond donors (Lipinski definition) is 0. The van der Waals surface area contributed by atoms with Crippen LogP contribution in [0.1, 0.15) is 5.56 Å². The van der Waals surface area contributed by atoms with Gasteiger partial charge in [-0.3, -0.25) is 0 Å². The zero-order chi connectivity index (χ0) is 34.9. The molecule has 0 atom stereocenters. The first kappa shape index (κ1) is 29.3. The molecule has 0 bridgehead atoms. The number of thiophene rings is 1. The van der Waals surface area contributed by atoms with E-state index in [9.17, 15) is 5.26 Å². The Kier molecular flexibility index (Phi) is 5.81. The van der Waals surface area contributed by atoms with Crippen molar-refractivity contribution >= 4 is 99.3 Å². The maximum absolute atomic E-state index is 9.73. The Balaban J connectivity index is 1.18. The lowest BCUT2D eigenvalue weighted by Crippen LogP contribution is -2.49. The summed E-state index contributed by atoms with van der Waals surface area (Å²) in [6.45, 7) is 12.6. The van der Waals surface area contributed by atoms with Crippen molar-refractivity contribution in [1.82, 2.24) is 9.13 Å². The highest BCUT2D eigenvalue weighted by Crippen LogP contribution is 2.44. The van der Waals surface area contributed by atoms with Crippen molar-refractivity contribution in [3.8, 4) is 28.6 Å². The second kappa shape index (κ2) is 10.3. The van der Waals surface area contributed by atoms with Crippen LogP contribution in [0.3, 0.4) is 0 Å². The van der Waals surface area contributed by atoms with E-state index in [0.29, 0.717) is 11.3 Å². The van der Waals surface area contributed by atoms with Crippen molar-refractivity contribution < 1.29 is 0 Å². The fourth-order valence-corrected chi connectivity index (χ4v) is 13.1. The van der Waals surface area contributed by atoms with Crippen LogP contribution >= 0.6 is 11.3 Å². The van der Waals surface area contributed by atoms with Gasteiger partial charge in [-0.15, -0.1) is 11.3 Å². The molecule has 7 aromatic carbocycles. The molecule has 3 aromatic heterocycles. The van der Waals surface area contributed by atoms with Crippen LogP contribution in [0.5, 0.6) is 0 Å². The first-order chi connectivity index (χ1) is 25.4. The minimum absolute atomic E-state index is 0.592. The zero-order valence-electron chi connectivity index (χ0n) is 28.4. The summed E-state index contributed by atoms with van der Waals surface area (Å²) in [6, 6.07) is 50.4. The quantitative estimate of drug-likeness (QED) is 0.131. The third-order valence-electron chi connectivity index (χ3n) is 11.3. The smallest absolute Gasteiger partial charge is 0.188 e. The molecule has 242 valence electrons. The van der Waals surface area contributed by atoms with Gasteiger partial charge in [0.25, 0.3) is 0 Å². The number of nitriles is 1. The molecule has 1 aliphatic heterocycles. The molecule has 0 unspecified atom stereocenters. The maximum atomic E-state index is 9.73. The fourth-order valence-electron chi connectivity index (χ4n) is 8.99. The van der Waals surface area contributed by atoms with Crippen molar-refractivity contribution in [3.63, 3.8) is 0 Å². The van der Waals surface area contributed by atoms with Gasteiger partial charge in [0, 0.05) is 47.7 Å². The largest absolute Gasteiger partial charge is 0.309 e. The Morgan fingerprint density at radius 1 is 0.596 bits per heavy atom. The molecule has 1 aliphatic rings. The highest BCUT2D eigenvalue weighted by molar-refractivity contribution is 7.26. The lowest BCUT2D eigenvalue weighted by molar-refractivity contribution is 1.18. The molecule has 0 aliphatic carbocycles. The van der Waals surface area contributed by atoms with Crippen molar-refractivity contribution in [2.24, 2.45) is 0 Å². The summed E-state index contributed by atoms with van der Waals surface area (Å²) in [5, 5.41) is 19.8. The van der Waals surface area contributed by atoms with Gasteiger partial charge in [0.15, 0.2) is 5.69 Å². The van der Waals surface area contributed by atoms with E-state index in [1.54, 1.807) is 0 Å². The summed E-state index contributed by atoms with van der Waals surface area (Å²) in [6.07, 6.45) is 0. The van der Waals surface area contributed by atoms with Crippen LogP contribution in [0.25, 0.3) is 91.1 Å². The molecule has 6 heteroatoms. The number of aromatic nitrogens is 2. The predicted octanol–water partition coefficient (Wildman–Crippen LogP) is 11.5. The highest BCUT2D eigenvalue weighted by atomic mass is 32.1. The van der Waals surface area contributed by atoms with Crippen LogP contribution in [0.2, 0.25) is 13.1 Å². The van der Waals surface area contributed by atoms with Gasteiger partial charge in [0.2, 0.25) is 0 Å². The predicted molar refractivity (Wildman–Crippen MR) is 221 cm³/mol. The van der Waals surface area contributed by atoms with Gasteiger partial charge in [-0.25, -0.2) is 4.85 Å². The fraction of sp³-hybridized carbons (Fsp3) is 0.0435. The summed E-state index contributed by atoms with van der Waals surface area (Å²) in [5.74, 6) is 0. The van der Waals surface area contributed by atoms with E-state index in [2.05, 4.69) is 130 Å². The zero-order valence-corrected chi connectivity index (χ0v) is 30.2. The molecule has 0 amide bonds. The van der Waals surface area contributed by atoms with Crippen LogP contribution in [0.4, 0.5) is 5.69 Å². The molecular weight excluding hydrogens is 669 g/mol. The van der Waals surface area contributed by atoms with E-state index >= 15 is 0 Å². The molecule has 0 fully saturated rings. The normalized spacial score (nSPS) is 13.3. The van der Waals surface area contributed by atoms with Crippen LogP contribution in [0, 0.1) is 17.9 Å². The van der Waals surface area contributed by atoms with Gasteiger partial charge < -0.3 is 9.13 Å². The Labute approximate surface area is 304 Å².